The average Bonchev–Trinajstić information content (AvgIpc) is 2.74. The number of hydrogen-bond donors (Lipinski definition) is 0. The molecule has 1 aromatic rings. The van der Waals surface area contributed by atoms with Crippen LogP contribution in [0.15, 0.2) is 16.7 Å². The van der Waals surface area contributed by atoms with E-state index in [2.05, 4.69) is 15.9 Å². The molecule has 1 saturated heterocycles. The van der Waals surface area contributed by atoms with Crippen LogP contribution in [0, 0.1) is 6.92 Å². The Hall–Kier alpha value is -0.770. The first-order chi connectivity index (χ1) is 7.74. The van der Waals surface area contributed by atoms with Gasteiger partial charge in [0.1, 0.15) is 5.76 Å². The van der Waals surface area contributed by atoms with Gasteiger partial charge in [-0.2, -0.15) is 0 Å². The summed E-state index contributed by atoms with van der Waals surface area (Å²) in [7, 11) is 0. The van der Waals surface area contributed by atoms with E-state index in [0.29, 0.717) is 17.4 Å². The first-order valence-corrected chi connectivity index (χ1v) is 6.77. The van der Waals surface area contributed by atoms with Gasteiger partial charge in [0, 0.05) is 17.9 Å². The fraction of sp³-hybridized carbons (Fsp3) is 0.583. The van der Waals surface area contributed by atoms with Crippen molar-refractivity contribution in [3.8, 4) is 0 Å². The van der Waals surface area contributed by atoms with Gasteiger partial charge in [0.15, 0.2) is 0 Å². The van der Waals surface area contributed by atoms with E-state index in [1.54, 1.807) is 12.3 Å². The molecular formula is C12H16BrNO2. The molecule has 0 radical (unpaired) electrons. The van der Waals surface area contributed by atoms with Crippen LogP contribution in [0.5, 0.6) is 0 Å². The first kappa shape index (κ1) is 11.7. The molecule has 2 rings (SSSR count). The van der Waals surface area contributed by atoms with Crippen LogP contribution in [0.4, 0.5) is 0 Å². The van der Waals surface area contributed by atoms with Gasteiger partial charge in [0.2, 0.25) is 0 Å². The fourth-order valence-corrected chi connectivity index (χ4v) is 2.86. The van der Waals surface area contributed by atoms with Gasteiger partial charge < -0.3 is 9.32 Å². The highest BCUT2D eigenvalue weighted by molar-refractivity contribution is 9.09. The summed E-state index contributed by atoms with van der Waals surface area (Å²) in [5.74, 6) is 0.819. The van der Waals surface area contributed by atoms with Crippen LogP contribution in [0.1, 0.15) is 35.4 Å². The van der Waals surface area contributed by atoms with Crippen molar-refractivity contribution in [2.45, 2.75) is 32.2 Å². The molecule has 1 unspecified atom stereocenters. The number of rotatable bonds is 2. The summed E-state index contributed by atoms with van der Waals surface area (Å²) in [4.78, 5) is 14.3. The number of alkyl halides is 1. The highest BCUT2D eigenvalue weighted by atomic mass is 79.9. The van der Waals surface area contributed by atoms with E-state index < -0.39 is 0 Å². The lowest BCUT2D eigenvalue weighted by atomic mass is 10.0. The Labute approximate surface area is 104 Å². The van der Waals surface area contributed by atoms with E-state index in [1.807, 2.05) is 11.8 Å². The van der Waals surface area contributed by atoms with Crippen LogP contribution >= 0.6 is 15.9 Å². The van der Waals surface area contributed by atoms with E-state index in [1.165, 1.54) is 6.42 Å². The third kappa shape index (κ3) is 2.17. The number of nitrogens with zero attached hydrogens (tertiary/aromatic N) is 1. The third-order valence-corrected chi connectivity index (χ3v) is 3.90. The smallest absolute Gasteiger partial charge is 0.257 e. The molecule has 0 spiro atoms. The molecule has 1 aromatic heterocycles. The summed E-state index contributed by atoms with van der Waals surface area (Å²) in [6.45, 7) is 2.69. The van der Waals surface area contributed by atoms with Crippen molar-refractivity contribution in [2.75, 3.05) is 11.9 Å². The molecule has 0 bridgehead atoms. The molecule has 0 N–H and O–H groups in total. The van der Waals surface area contributed by atoms with Crippen LogP contribution in [0.3, 0.4) is 0 Å². The monoisotopic (exact) mass is 285 g/mol. The molecular weight excluding hydrogens is 270 g/mol. The number of carbonyl (C=O) groups is 1. The topological polar surface area (TPSA) is 33.5 Å². The van der Waals surface area contributed by atoms with Gasteiger partial charge in [-0.15, -0.1) is 0 Å². The van der Waals surface area contributed by atoms with Gasteiger partial charge in [-0.25, -0.2) is 0 Å². The highest BCUT2D eigenvalue weighted by Crippen LogP contribution is 2.22. The Kier molecular flexibility index (Phi) is 3.69. The normalized spacial score (nSPS) is 21.1. The van der Waals surface area contributed by atoms with Crippen LogP contribution < -0.4 is 0 Å². The summed E-state index contributed by atoms with van der Waals surface area (Å²) in [6.07, 6.45) is 4.99. The zero-order valence-electron chi connectivity index (χ0n) is 9.41. The molecule has 0 aliphatic carbocycles. The molecule has 1 amide bonds. The van der Waals surface area contributed by atoms with Crippen LogP contribution in [-0.4, -0.2) is 28.7 Å². The van der Waals surface area contributed by atoms with E-state index in [-0.39, 0.29) is 5.91 Å². The molecule has 1 fully saturated rings. The van der Waals surface area contributed by atoms with E-state index >= 15 is 0 Å². The Morgan fingerprint density at radius 2 is 2.44 bits per heavy atom. The average molecular weight is 286 g/mol. The number of halogens is 1. The van der Waals surface area contributed by atoms with E-state index in [0.717, 1.165) is 24.7 Å². The van der Waals surface area contributed by atoms with Gasteiger partial charge in [-0.05, 0) is 32.3 Å². The van der Waals surface area contributed by atoms with E-state index in [9.17, 15) is 4.79 Å². The Bertz CT molecular complexity index is 375. The number of carbonyl (C=O) groups excluding carboxylic acids is 1. The maximum Gasteiger partial charge on any atom is 0.257 e. The third-order valence-electron chi connectivity index (χ3n) is 3.16. The number of amides is 1. The largest absolute Gasteiger partial charge is 0.469 e. The molecule has 0 aromatic carbocycles. The summed E-state index contributed by atoms with van der Waals surface area (Å²) in [6, 6.07) is 2.09. The van der Waals surface area contributed by atoms with Gasteiger partial charge in [0.25, 0.3) is 5.91 Å². The summed E-state index contributed by atoms with van der Waals surface area (Å²) < 4.78 is 5.19. The second-order valence-electron chi connectivity index (χ2n) is 4.19. The predicted octanol–water partition coefficient (Wildman–Crippen LogP) is 2.98. The Balaban J connectivity index is 2.17. The van der Waals surface area contributed by atoms with Gasteiger partial charge >= 0.3 is 0 Å². The van der Waals surface area contributed by atoms with Gasteiger partial charge in [0.05, 0.1) is 11.8 Å². The fourth-order valence-electron chi connectivity index (χ4n) is 2.19. The summed E-state index contributed by atoms with van der Waals surface area (Å²) in [5.41, 5.74) is 0.702. The zero-order valence-corrected chi connectivity index (χ0v) is 11.0. The SMILES string of the molecule is Cc1occc1C(=O)N1CCCCC1CBr. The molecule has 16 heavy (non-hydrogen) atoms. The minimum atomic E-state index is 0.107. The van der Waals surface area contributed by atoms with E-state index in [4.69, 9.17) is 4.42 Å². The van der Waals surface area contributed by atoms with Crippen molar-refractivity contribution in [3.63, 3.8) is 0 Å². The standard InChI is InChI=1S/C12H16BrNO2/c1-9-11(5-7-16-9)12(15)14-6-3-2-4-10(14)8-13/h5,7,10H,2-4,6,8H2,1H3. The van der Waals surface area contributed by atoms with Crippen LogP contribution in [0.2, 0.25) is 0 Å². The van der Waals surface area contributed by atoms with Crippen molar-refractivity contribution >= 4 is 21.8 Å². The molecule has 2 heterocycles. The van der Waals surface area contributed by atoms with Crippen molar-refractivity contribution < 1.29 is 9.21 Å². The minimum absolute atomic E-state index is 0.107. The number of aryl methyl sites for hydroxylation is 1. The summed E-state index contributed by atoms with van der Waals surface area (Å²) in [5, 5.41) is 0.857. The Morgan fingerprint density at radius 1 is 1.62 bits per heavy atom. The summed E-state index contributed by atoms with van der Waals surface area (Å²) >= 11 is 3.48. The first-order valence-electron chi connectivity index (χ1n) is 5.65. The van der Waals surface area contributed by atoms with Crippen molar-refractivity contribution in [3.05, 3.63) is 23.7 Å². The second kappa shape index (κ2) is 5.04. The van der Waals surface area contributed by atoms with Gasteiger partial charge in [-0.3, -0.25) is 4.79 Å². The van der Waals surface area contributed by atoms with Crippen LogP contribution in [-0.2, 0) is 0 Å². The van der Waals surface area contributed by atoms with Crippen molar-refractivity contribution in [1.29, 1.82) is 0 Å². The molecule has 1 aliphatic rings. The van der Waals surface area contributed by atoms with Crippen LogP contribution in [0.25, 0.3) is 0 Å². The molecule has 1 aliphatic heterocycles. The number of furan rings is 1. The number of hydrogen-bond acceptors (Lipinski definition) is 2. The second-order valence-corrected chi connectivity index (χ2v) is 4.84. The maximum atomic E-state index is 12.3. The Morgan fingerprint density at radius 3 is 3.06 bits per heavy atom. The minimum Gasteiger partial charge on any atom is -0.469 e. The molecule has 1 atom stereocenters. The lowest BCUT2D eigenvalue weighted by Gasteiger charge is -2.34. The predicted molar refractivity (Wildman–Crippen MR) is 65.9 cm³/mol. The number of likely N-dealkylation sites (tertiary alicyclic amines) is 1. The van der Waals surface area contributed by atoms with Gasteiger partial charge in [-0.1, -0.05) is 15.9 Å². The number of piperidine rings is 1. The lowest BCUT2D eigenvalue weighted by Crippen LogP contribution is -2.44. The molecule has 0 saturated carbocycles. The highest BCUT2D eigenvalue weighted by Gasteiger charge is 2.28. The van der Waals surface area contributed by atoms with Crippen molar-refractivity contribution in [2.24, 2.45) is 0 Å². The molecule has 88 valence electrons. The quantitative estimate of drug-likeness (QED) is 0.783. The molecule has 4 heteroatoms. The van der Waals surface area contributed by atoms with Crippen molar-refractivity contribution in [1.82, 2.24) is 4.90 Å². The molecule has 3 nitrogen and oxygen atoms in total. The lowest BCUT2D eigenvalue weighted by molar-refractivity contribution is 0.0640. The zero-order chi connectivity index (χ0) is 11.5. The maximum absolute atomic E-state index is 12.3.